The van der Waals surface area contributed by atoms with E-state index in [9.17, 15) is 9.59 Å². The first-order valence-corrected chi connectivity index (χ1v) is 11.5. The number of hydrogen-bond acceptors (Lipinski definition) is 5. The molecule has 0 aliphatic heterocycles. The van der Waals surface area contributed by atoms with Crippen LogP contribution < -0.4 is 10.9 Å². The fourth-order valence-electron chi connectivity index (χ4n) is 3.08. The number of aromatic nitrogens is 2. The third-order valence-corrected chi connectivity index (χ3v) is 6.53. The lowest BCUT2D eigenvalue weighted by atomic mass is 10.1. The summed E-state index contributed by atoms with van der Waals surface area (Å²) in [5.74, 6) is 0.0551. The van der Waals surface area contributed by atoms with E-state index < -0.39 is 0 Å². The molecule has 4 aromatic rings. The molecule has 0 spiro atoms. The topological polar surface area (TPSA) is 64.0 Å². The highest BCUT2D eigenvalue weighted by Gasteiger charge is 2.14. The molecular weight excluding hydrogens is 414 g/mol. The number of thiophene rings is 1. The number of thioether (sulfide) groups is 1. The minimum absolute atomic E-state index is 0.0487. The molecule has 1 amide bonds. The van der Waals surface area contributed by atoms with Gasteiger partial charge in [0, 0.05) is 12.2 Å². The lowest BCUT2D eigenvalue weighted by Crippen LogP contribution is -2.24. The summed E-state index contributed by atoms with van der Waals surface area (Å²) in [6, 6.07) is 19.6. The van der Waals surface area contributed by atoms with Crippen LogP contribution >= 0.6 is 23.1 Å². The molecule has 1 N–H and O–H groups in total. The standard InChI is InChI=1S/C23H21N3O2S2/c1-16-7-9-18(10-8-16)24-20(27)15-30-23-25-19-12-14-29-21(19)22(28)26(23)13-11-17-5-3-2-4-6-17/h2-10,12,14H,11,13,15H2,1H3,(H,24,27). The number of hydrogen-bond donors (Lipinski definition) is 1. The fraction of sp³-hybridized carbons (Fsp3) is 0.174. The number of nitrogens with one attached hydrogen (secondary N) is 1. The zero-order valence-electron chi connectivity index (χ0n) is 16.5. The van der Waals surface area contributed by atoms with Gasteiger partial charge in [-0.15, -0.1) is 11.3 Å². The highest BCUT2D eigenvalue weighted by atomic mass is 32.2. The molecule has 0 bridgehead atoms. The second kappa shape index (κ2) is 9.28. The summed E-state index contributed by atoms with van der Waals surface area (Å²) in [4.78, 5) is 30.1. The molecule has 5 nitrogen and oxygen atoms in total. The number of anilines is 1. The predicted octanol–water partition coefficient (Wildman–Crippen LogP) is 4.74. The van der Waals surface area contributed by atoms with E-state index in [0.717, 1.165) is 23.2 Å². The maximum absolute atomic E-state index is 13.0. The molecule has 7 heteroatoms. The van der Waals surface area contributed by atoms with Crippen LogP contribution in [0.1, 0.15) is 11.1 Å². The molecule has 2 aromatic heterocycles. The molecule has 0 unspecified atom stereocenters. The number of nitrogens with zero attached hydrogens (tertiary/aromatic N) is 2. The number of rotatable bonds is 7. The van der Waals surface area contributed by atoms with Crippen molar-refractivity contribution in [2.75, 3.05) is 11.1 Å². The Morgan fingerprint density at radius 2 is 1.87 bits per heavy atom. The number of fused-ring (bicyclic) bond motifs is 1. The quantitative estimate of drug-likeness (QED) is 0.336. The van der Waals surface area contributed by atoms with Gasteiger partial charge in [0.2, 0.25) is 5.91 Å². The van der Waals surface area contributed by atoms with Crippen molar-refractivity contribution >= 4 is 44.9 Å². The summed E-state index contributed by atoms with van der Waals surface area (Å²) in [7, 11) is 0. The van der Waals surface area contributed by atoms with Gasteiger partial charge in [0.05, 0.1) is 11.3 Å². The molecule has 0 aliphatic carbocycles. The van der Waals surface area contributed by atoms with Crippen LogP contribution in [0.5, 0.6) is 0 Å². The smallest absolute Gasteiger partial charge is 0.272 e. The van der Waals surface area contributed by atoms with E-state index in [1.807, 2.05) is 73.0 Å². The van der Waals surface area contributed by atoms with Crippen LogP contribution in [0.2, 0.25) is 0 Å². The van der Waals surface area contributed by atoms with Gasteiger partial charge in [-0.3, -0.25) is 14.2 Å². The summed E-state index contributed by atoms with van der Waals surface area (Å²) in [5, 5.41) is 5.34. The highest BCUT2D eigenvalue weighted by Crippen LogP contribution is 2.21. The lowest BCUT2D eigenvalue weighted by molar-refractivity contribution is -0.113. The van der Waals surface area contributed by atoms with Gasteiger partial charge in [-0.05, 0) is 42.5 Å². The maximum atomic E-state index is 13.0. The van der Waals surface area contributed by atoms with Crippen LogP contribution in [0, 0.1) is 6.92 Å². The van der Waals surface area contributed by atoms with E-state index in [-0.39, 0.29) is 17.2 Å². The Labute approximate surface area is 182 Å². The van der Waals surface area contributed by atoms with E-state index in [0.29, 0.717) is 21.9 Å². The molecular formula is C23H21N3O2S2. The SMILES string of the molecule is Cc1ccc(NC(=O)CSc2nc3ccsc3c(=O)n2CCc2ccccc2)cc1. The largest absolute Gasteiger partial charge is 0.325 e. The van der Waals surface area contributed by atoms with Gasteiger partial charge in [0.15, 0.2) is 5.16 Å². The van der Waals surface area contributed by atoms with E-state index in [4.69, 9.17) is 0 Å². The summed E-state index contributed by atoms with van der Waals surface area (Å²) >= 11 is 2.69. The van der Waals surface area contributed by atoms with Gasteiger partial charge >= 0.3 is 0 Å². The minimum atomic E-state index is -0.127. The molecule has 152 valence electrons. The van der Waals surface area contributed by atoms with Crippen LogP contribution in [0.25, 0.3) is 10.2 Å². The van der Waals surface area contributed by atoms with E-state index in [1.165, 1.54) is 23.1 Å². The third kappa shape index (κ3) is 4.80. The van der Waals surface area contributed by atoms with Crippen LogP contribution in [-0.2, 0) is 17.8 Å². The monoisotopic (exact) mass is 435 g/mol. The number of amides is 1. The molecule has 2 heterocycles. The highest BCUT2D eigenvalue weighted by molar-refractivity contribution is 7.99. The summed E-state index contributed by atoms with van der Waals surface area (Å²) in [6.07, 6.45) is 0.725. The summed E-state index contributed by atoms with van der Waals surface area (Å²) < 4.78 is 2.34. The van der Waals surface area contributed by atoms with Gasteiger partial charge in [0.1, 0.15) is 4.70 Å². The van der Waals surface area contributed by atoms with E-state index >= 15 is 0 Å². The maximum Gasteiger partial charge on any atom is 0.272 e. The lowest BCUT2D eigenvalue weighted by Gasteiger charge is -2.12. The number of benzene rings is 2. The minimum Gasteiger partial charge on any atom is -0.325 e. The number of carbonyl (C=O) groups excluding carboxylic acids is 1. The third-order valence-electron chi connectivity index (χ3n) is 4.67. The molecule has 0 fully saturated rings. The van der Waals surface area contributed by atoms with Crippen molar-refractivity contribution in [2.24, 2.45) is 0 Å². The Morgan fingerprint density at radius 3 is 2.63 bits per heavy atom. The zero-order chi connectivity index (χ0) is 20.9. The zero-order valence-corrected chi connectivity index (χ0v) is 18.1. The Kier molecular flexibility index (Phi) is 6.30. The number of carbonyl (C=O) groups is 1. The van der Waals surface area contributed by atoms with Gasteiger partial charge in [-0.25, -0.2) is 4.98 Å². The summed E-state index contributed by atoms with van der Waals surface area (Å²) in [5.41, 5.74) is 3.69. The van der Waals surface area contributed by atoms with Gasteiger partial charge in [-0.1, -0.05) is 59.8 Å². The molecule has 0 saturated carbocycles. The number of aryl methyl sites for hydroxylation is 2. The van der Waals surface area contributed by atoms with Crippen molar-refractivity contribution in [2.45, 2.75) is 25.0 Å². The fourth-order valence-corrected chi connectivity index (χ4v) is 4.68. The molecule has 0 atom stereocenters. The summed E-state index contributed by atoms with van der Waals surface area (Å²) in [6.45, 7) is 2.52. The first-order chi connectivity index (χ1) is 14.6. The average molecular weight is 436 g/mol. The Balaban J connectivity index is 1.52. The van der Waals surface area contributed by atoms with Crippen LogP contribution in [0.15, 0.2) is 76.0 Å². The van der Waals surface area contributed by atoms with Crippen LogP contribution in [-0.4, -0.2) is 21.2 Å². The van der Waals surface area contributed by atoms with E-state index in [1.54, 1.807) is 4.57 Å². The Hall–Kier alpha value is -2.90. The van der Waals surface area contributed by atoms with Crippen molar-refractivity contribution < 1.29 is 4.79 Å². The van der Waals surface area contributed by atoms with Gasteiger partial charge < -0.3 is 5.32 Å². The van der Waals surface area contributed by atoms with Crippen molar-refractivity contribution in [3.05, 3.63) is 87.5 Å². The average Bonchev–Trinajstić information content (AvgIpc) is 3.23. The normalized spacial score (nSPS) is 11.0. The van der Waals surface area contributed by atoms with Crippen LogP contribution in [0.3, 0.4) is 0 Å². The molecule has 2 aromatic carbocycles. The molecule has 0 aliphatic rings. The van der Waals surface area contributed by atoms with Crippen molar-refractivity contribution in [1.29, 1.82) is 0 Å². The molecule has 30 heavy (non-hydrogen) atoms. The predicted molar refractivity (Wildman–Crippen MR) is 125 cm³/mol. The van der Waals surface area contributed by atoms with Crippen LogP contribution in [0.4, 0.5) is 5.69 Å². The Bertz CT molecular complexity index is 1210. The second-order valence-electron chi connectivity index (χ2n) is 6.92. The first kappa shape index (κ1) is 20.4. The van der Waals surface area contributed by atoms with Gasteiger partial charge in [0.25, 0.3) is 5.56 Å². The second-order valence-corrected chi connectivity index (χ2v) is 8.78. The van der Waals surface area contributed by atoms with Gasteiger partial charge in [-0.2, -0.15) is 0 Å². The Morgan fingerprint density at radius 1 is 1.10 bits per heavy atom. The molecule has 0 radical (unpaired) electrons. The van der Waals surface area contributed by atoms with Crippen molar-refractivity contribution in [3.63, 3.8) is 0 Å². The van der Waals surface area contributed by atoms with E-state index in [2.05, 4.69) is 10.3 Å². The molecule has 4 rings (SSSR count). The molecule has 0 saturated heterocycles. The van der Waals surface area contributed by atoms with Crippen molar-refractivity contribution in [3.8, 4) is 0 Å². The first-order valence-electron chi connectivity index (χ1n) is 9.61. The van der Waals surface area contributed by atoms with Crippen molar-refractivity contribution in [1.82, 2.24) is 9.55 Å².